The number of hydrogen-bond acceptors (Lipinski definition) is 4. The standard InChI is InChI=1S/C8H8ClN5/c1-10-6-4-12-14(5-6)7-2-3-11-8(9)13-7/h2-5,10H,1H3. The Morgan fingerprint density at radius 2 is 2.36 bits per heavy atom. The van der Waals surface area contributed by atoms with Gasteiger partial charge in [0.15, 0.2) is 5.82 Å². The van der Waals surface area contributed by atoms with Crippen LogP contribution in [0.15, 0.2) is 24.7 Å². The third-order valence-electron chi connectivity index (χ3n) is 1.72. The summed E-state index contributed by atoms with van der Waals surface area (Å²) >= 11 is 5.66. The average Bonchev–Trinajstić information content (AvgIpc) is 2.66. The Balaban J connectivity index is 2.39. The normalized spacial score (nSPS) is 10.1. The van der Waals surface area contributed by atoms with Gasteiger partial charge >= 0.3 is 0 Å². The molecular weight excluding hydrogens is 202 g/mol. The average molecular weight is 210 g/mol. The molecule has 0 saturated heterocycles. The molecule has 0 bridgehead atoms. The molecule has 72 valence electrons. The molecular formula is C8H8ClN5. The number of rotatable bonds is 2. The van der Waals surface area contributed by atoms with E-state index in [4.69, 9.17) is 11.6 Å². The molecule has 0 atom stereocenters. The quantitative estimate of drug-likeness (QED) is 0.759. The van der Waals surface area contributed by atoms with Crippen molar-refractivity contribution in [1.82, 2.24) is 19.7 Å². The van der Waals surface area contributed by atoms with Gasteiger partial charge in [-0.2, -0.15) is 10.1 Å². The van der Waals surface area contributed by atoms with Crippen LogP contribution >= 0.6 is 11.6 Å². The highest BCUT2D eigenvalue weighted by Crippen LogP contribution is 2.09. The van der Waals surface area contributed by atoms with Gasteiger partial charge in [-0.25, -0.2) is 9.67 Å². The van der Waals surface area contributed by atoms with Crippen LogP contribution in [-0.4, -0.2) is 26.8 Å². The summed E-state index contributed by atoms with van der Waals surface area (Å²) in [6.07, 6.45) is 5.11. The van der Waals surface area contributed by atoms with E-state index >= 15 is 0 Å². The second-order valence-corrected chi connectivity index (χ2v) is 2.95. The molecule has 2 heterocycles. The number of hydrogen-bond donors (Lipinski definition) is 1. The van der Waals surface area contributed by atoms with Crippen molar-refractivity contribution in [2.75, 3.05) is 12.4 Å². The molecule has 0 aromatic carbocycles. The van der Waals surface area contributed by atoms with Gasteiger partial charge in [0.25, 0.3) is 0 Å². The number of aromatic nitrogens is 4. The van der Waals surface area contributed by atoms with E-state index in [1.54, 1.807) is 23.1 Å². The first-order valence-corrected chi connectivity index (χ1v) is 4.39. The van der Waals surface area contributed by atoms with Crippen molar-refractivity contribution in [3.05, 3.63) is 29.9 Å². The minimum Gasteiger partial charge on any atom is -0.386 e. The zero-order valence-corrected chi connectivity index (χ0v) is 8.23. The minimum atomic E-state index is 0.212. The summed E-state index contributed by atoms with van der Waals surface area (Å²) in [5.74, 6) is 0.645. The Hall–Kier alpha value is -1.62. The SMILES string of the molecule is CNc1cnn(-c2ccnc(Cl)n2)c1. The maximum Gasteiger partial charge on any atom is 0.224 e. The molecule has 5 nitrogen and oxygen atoms in total. The van der Waals surface area contributed by atoms with E-state index in [1.165, 1.54) is 0 Å². The molecule has 1 N–H and O–H groups in total. The van der Waals surface area contributed by atoms with Gasteiger partial charge < -0.3 is 5.32 Å². The fourth-order valence-corrected chi connectivity index (χ4v) is 1.17. The number of halogens is 1. The molecule has 2 rings (SSSR count). The van der Waals surface area contributed by atoms with E-state index in [0.29, 0.717) is 5.82 Å². The first-order chi connectivity index (χ1) is 6.79. The van der Waals surface area contributed by atoms with Crippen LogP contribution in [0.4, 0.5) is 5.69 Å². The summed E-state index contributed by atoms with van der Waals surface area (Å²) in [6.45, 7) is 0. The van der Waals surface area contributed by atoms with Crippen LogP contribution in [-0.2, 0) is 0 Å². The Bertz CT molecular complexity index is 439. The number of nitrogens with one attached hydrogen (secondary N) is 1. The smallest absolute Gasteiger partial charge is 0.224 e. The van der Waals surface area contributed by atoms with Crippen LogP contribution in [0.2, 0.25) is 5.28 Å². The largest absolute Gasteiger partial charge is 0.386 e. The predicted octanol–water partition coefficient (Wildman–Crippen LogP) is 1.36. The third-order valence-corrected chi connectivity index (χ3v) is 1.90. The maximum absolute atomic E-state index is 5.66. The van der Waals surface area contributed by atoms with Crippen LogP contribution in [0.3, 0.4) is 0 Å². The van der Waals surface area contributed by atoms with E-state index in [2.05, 4.69) is 20.4 Å². The zero-order valence-electron chi connectivity index (χ0n) is 7.48. The van der Waals surface area contributed by atoms with Gasteiger partial charge in [0, 0.05) is 19.3 Å². The third kappa shape index (κ3) is 1.67. The lowest BCUT2D eigenvalue weighted by Gasteiger charge is -1.98. The number of anilines is 1. The summed E-state index contributed by atoms with van der Waals surface area (Å²) in [4.78, 5) is 7.81. The van der Waals surface area contributed by atoms with Gasteiger partial charge in [-0.05, 0) is 11.6 Å². The van der Waals surface area contributed by atoms with E-state index in [0.717, 1.165) is 5.69 Å². The molecule has 14 heavy (non-hydrogen) atoms. The zero-order chi connectivity index (χ0) is 9.97. The maximum atomic E-state index is 5.66. The van der Waals surface area contributed by atoms with E-state index in [-0.39, 0.29) is 5.28 Å². The molecule has 6 heteroatoms. The van der Waals surface area contributed by atoms with Gasteiger partial charge in [0.05, 0.1) is 18.1 Å². The van der Waals surface area contributed by atoms with Crippen molar-refractivity contribution in [2.24, 2.45) is 0 Å². The molecule has 0 unspecified atom stereocenters. The summed E-state index contributed by atoms with van der Waals surface area (Å²) in [5.41, 5.74) is 0.916. The van der Waals surface area contributed by atoms with Crippen molar-refractivity contribution in [2.45, 2.75) is 0 Å². The molecule has 0 aliphatic heterocycles. The van der Waals surface area contributed by atoms with Gasteiger partial charge in [0.1, 0.15) is 0 Å². The van der Waals surface area contributed by atoms with Gasteiger partial charge in [-0.1, -0.05) is 0 Å². The lowest BCUT2D eigenvalue weighted by molar-refractivity contribution is 0.840. The fourth-order valence-electron chi connectivity index (χ4n) is 1.03. The molecule has 2 aromatic rings. The van der Waals surface area contributed by atoms with Crippen molar-refractivity contribution in [3.8, 4) is 5.82 Å². The highest BCUT2D eigenvalue weighted by Gasteiger charge is 2.01. The number of nitrogens with zero attached hydrogens (tertiary/aromatic N) is 4. The van der Waals surface area contributed by atoms with Crippen molar-refractivity contribution >= 4 is 17.3 Å². The van der Waals surface area contributed by atoms with E-state index in [9.17, 15) is 0 Å². The fraction of sp³-hybridized carbons (Fsp3) is 0.125. The highest BCUT2D eigenvalue weighted by molar-refractivity contribution is 6.28. The molecule has 0 radical (unpaired) electrons. The van der Waals surface area contributed by atoms with Gasteiger partial charge in [0.2, 0.25) is 5.28 Å². The van der Waals surface area contributed by atoms with Crippen LogP contribution in [0.1, 0.15) is 0 Å². The highest BCUT2D eigenvalue weighted by atomic mass is 35.5. The Morgan fingerprint density at radius 1 is 1.50 bits per heavy atom. The monoisotopic (exact) mass is 209 g/mol. The molecule has 0 fully saturated rings. The van der Waals surface area contributed by atoms with Crippen LogP contribution in [0.25, 0.3) is 5.82 Å². The Labute approximate surface area is 85.8 Å². The van der Waals surface area contributed by atoms with Crippen LogP contribution < -0.4 is 5.32 Å². The molecule has 2 aromatic heterocycles. The summed E-state index contributed by atoms with van der Waals surface area (Å²) in [6, 6.07) is 1.73. The van der Waals surface area contributed by atoms with E-state index in [1.807, 2.05) is 13.2 Å². The van der Waals surface area contributed by atoms with Crippen LogP contribution in [0, 0.1) is 0 Å². The molecule has 0 spiro atoms. The van der Waals surface area contributed by atoms with Crippen molar-refractivity contribution in [1.29, 1.82) is 0 Å². The van der Waals surface area contributed by atoms with Crippen molar-refractivity contribution < 1.29 is 0 Å². The minimum absolute atomic E-state index is 0.212. The van der Waals surface area contributed by atoms with Crippen LogP contribution in [0.5, 0.6) is 0 Å². The molecule has 0 amide bonds. The second kappa shape index (κ2) is 3.63. The predicted molar refractivity (Wildman–Crippen MR) is 53.7 cm³/mol. The first kappa shape index (κ1) is 8.96. The topological polar surface area (TPSA) is 55.6 Å². The molecule has 0 saturated carbocycles. The molecule has 0 aliphatic carbocycles. The van der Waals surface area contributed by atoms with Crippen molar-refractivity contribution in [3.63, 3.8) is 0 Å². The van der Waals surface area contributed by atoms with E-state index < -0.39 is 0 Å². The first-order valence-electron chi connectivity index (χ1n) is 4.01. The summed E-state index contributed by atoms with van der Waals surface area (Å²) < 4.78 is 1.62. The Kier molecular flexibility index (Phi) is 2.32. The Morgan fingerprint density at radius 3 is 3.00 bits per heavy atom. The molecule has 0 aliphatic rings. The lowest BCUT2D eigenvalue weighted by Crippen LogP contribution is -1.98. The van der Waals surface area contributed by atoms with Gasteiger partial charge in [-0.3, -0.25) is 0 Å². The summed E-state index contributed by atoms with van der Waals surface area (Å²) in [7, 11) is 1.83. The lowest BCUT2D eigenvalue weighted by atomic mass is 10.5. The summed E-state index contributed by atoms with van der Waals surface area (Å²) in [5, 5.41) is 7.29. The van der Waals surface area contributed by atoms with Gasteiger partial charge in [-0.15, -0.1) is 0 Å². The second-order valence-electron chi connectivity index (χ2n) is 2.61.